The lowest BCUT2D eigenvalue weighted by atomic mass is 10.1. The van der Waals surface area contributed by atoms with E-state index in [2.05, 4.69) is 26.1 Å². The van der Waals surface area contributed by atoms with E-state index in [0.29, 0.717) is 10.6 Å². The van der Waals surface area contributed by atoms with Gasteiger partial charge in [0.25, 0.3) is 5.91 Å². The first-order valence-corrected chi connectivity index (χ1v) is 8.95. The second-order valence-electron chi connectivity index (χ2n) is 5.62. The van der Waals surface area contributed by atoms with Gasteiger partial charge in [-0.2, -0.15) is 0 Å². The highest BCUT2D eigenvalue weighted by Gasteiger charge is 2.16. The van der Waals surface area contributed by atoms with Crippen LogP contribution in [0.2, 0.25) is 5.02 Å². The molecule has 126 valence electrons. The van der Waals surface area contributed by atoms with E-state index in [1.54, 1.807) is 12.1 Å². The molecule has 1 aliphatic heterocycles. The Balaban J connectivity index is 1.77. The largest absolute Gasteiger partial charge is 0.379 e. The Morgan fingerprint density at radius 3 is 2.75 bits per heavy atom. The van der Waals surface area contributed by atoms with Gasteiger partial charge in [0.15, 0.2) is 0 Å². The van der Waals surface area contributed by atoms with Crippen LogP contribution in [-0.4, -0.2) is 37.1 Å². The maximum absolute atomic E-state index is 12.6. The van der Waals surface area contributed by atoms with Crippen molar-refractivity contribution >= 4 is 39.1 Å². The van der Waals surface area contributed by atoms with E-state index in [9.17, 15) is 4.79 Å². The van der Waals surface area contributed by atoms with Gasteiger partial charge in [0, 0.05) is 29.8 Å². The standard InChI is InChI=1S/C18H18BrClN2O2/c19-14-5-6-16(20)15(11-14)18(23)21-17-4-2-1-3-13(17)12-22-7-9-24-10-8-22/h1-6,11H,7-10,12H2,(H,21,23). The van der Waals surface area contributed by atoms with Crippen LogP contribution in [0.25, 0.3) is 0 Å². The Hall–Kier alpha value is -1.40. The fourth-order valence-electron chi connectivity index (χ4n) is 2.64. The van der Waals surface area contributed by atoms with E-state index in [1.165, 1.54) is 0 Å². The minimum absolute atomic E-state index is 0.212. The molecule has 1 heterocycles. The molecular formula is C18H18BrClN2O2. The van der Waals surface area contributed by atoms with Crippen LogP contribution in [0.5, 0.6) is 0 Å². The second-order valence-corrected chi connectivity index (χ2v) is 6.95. The Kier molecular flexibility index (Phi) is 5.89. The maximum atomic E-state index is 12.6. The zero-order valence-electron chi connectivity index (χ0n) is 13.1. The van der Waals surface area contributed by atoms with Crippen LogP contribution in [0.4, 0.5) is 5.69 Å². The van der Waals surface area contributed by atoms with Crippen molar-refractivity contribution in [1.29, 1.82) is 0 Å². The van der Waals surface area contributed by atoms with Crippen molar-refractivity contribution in [3.63, 3.8) is 0 Å². The number of nitrogens with zero attached hydrogens (tertiary/aromatic N) is 1. The number of carbonyl (C=O) groups is 1. The molecule has 24 heavy (non-hydrogen) atoms. The molecule has 0 spiro atoms. The van der Waals surface area contributed by atoms with Gasteiger partial charge < -0.3 is 10.1 Å². The number of benzene rings is 2. The molecule has 6 heteroatoms. The lowest BCUT2D eigenvalue weighted by Gasteiger charge is -2.27. The molecule has 0 saturated carbocycles. The van der Waals surface area contributed by atoms with Crippen molar-refractivity contribution in [2.45, 2.75) is 6.54 Å². The van der Waals surface area contributed by atoms with Gasteiger partial charge in [0.05, 0.1) is 23.8 Å². The summed E-state index contributed by atoms with van der Waals surface area (Å²) in [5.74, 6) is -0.212. The minimum Gasteiger partial charge on any atom is -0.379 e. The second kappa shape index (κ2) is 8.12. The molecule has 1 fully saturated rings. The van der Waals surface area contributed by atoms with Gasteiger partial charge >= 0.3 is 0 Å². The molecule has 0 bridgehead atoms. The molecule has 0 aliphatic carbocycles. The van der Waals surface area contributed by atoms with Gasteiger partial charge in [-0.05, 0) is 29.8 Å². The third-order valence-electron chi connectivity index (χ3n) is 3.94. The molecule has 0 atom stereocenters. The number of anilines is 1. The van der Waals surface area contributed by atoms with Crippen LogP contribution in [0, 0.1) is 0 Å². The van der Waals surface area contributed by atoms with E-state index < -0.39 is 0 Å². The van der Waals surface area contributed by atoms with Crippen LogP contribution in [0.3, 0.4) is 0 Å². The molecule has 0 unspecified atom stereocenters. The molecule has 2 aromatic carbocycles. The summed E-state index contributed by atoms with van der Waals surface area (Å²) in [5.41, 5.74) is 2.34. The highest BCUT2D eigenvalue weighted by molar-refractivity contribution is 9.10. The van der Waals surface area contributed by atoms with Gasteiger partial charge in [-0.3, -0.25) is 9.69 Å². The molecule has 0 aromatic heterocycles. The van der Waals surface area contributed by atoms with Crippen LogP contribution in [0.15, 0.2) is 46.9 Å². The number of morpholine rings is 1. The molecule has 1 saturated heterocycles. The smallest absolute Gasteiger partial charge is 0.257 e. The number of halogens is 2. The van der Waals surface area contributed by atoms with Gasteiger partial charge in [0.2, 0.25) is 0 Å². The first-order valence-electron chi connectivity index (χ1n) is 7.78. The molecular weight excluding hydrogens is 392 g/mol. The van der Waals surface area contributed by atoms with E-state index in [-0.39, 0.29) is 5.91 Å². The van der Waals surface area contributed by atoms with Crippen molar-refractivity contribution in [2.24, 2.45) is 0 Å². The average Bonchev–Trinajstić information content (AvgIpc) is 2.59. The fourth-order valence-corrected chi connectivity index (χ4v) is 3.21. The van der Waals surface area contributed by atoms with E-state index >= 15 is 0 Å². The Labute approximate surface area is 154 Å². The monoisotopic (exact) mass is 408 g/mol. The van der Waals surface area contributed by atoms with Crippen LogP contribution < -0.4 is 5.32 Å². The number of nitrogens with one attached hydrogen (secondary N) is 1. The van der Waals surface area contributed by atoms with Gasteiger partial charge in [-0.1, -0.05) is 45.7 Å². The summed E-state index contributed by atoms with van der Waals surface area (Å²) in [4.78, 5) is 14.9. The van der Waals surface area contributed by atoms with Crippen molar-refractivity contribution in [3.8, 4) is 0 Å². The Morgan fingerprint density at radius 1 is 1.21 bits per heavy atom. The summed E-state index contributed by atoms with van der Waals surface area (Å²) in [5, 5.41) is 3.41. The molecule has 1 N–H and O–H groups in total. The summed E-state index contributed by atoms with van der Waals surface area (Å²) in [6, 6.07) is 13.1. The zero-order chi connectivity index (χ0) is 16.9. The summed E-state index contributed by atoms with van der Waals surface area (Å²) >= 11 is 9.52. The van der Waals surface area contributed by atoms with Crippen LogP contribution in [-0.2, 0) is 11.3 Å². The van der Waals surface area contributed by atoms with Crippen LogP contribution in [0.1, 0.15) is 15.9 Å². The number of carbonyl (C=O) groups excluding carboxylic acids is 1. The zero-order valence-corrected chi connectivity index (χ0v) is 15.4. The number of hydrogen-bond donors (Lipinski definition) is 1. The predicted octanol–water partition coefficient (Wildman–Crippen LogP) is 4.19. The number of para-hydroxylation sites is 1. The molecule has 4 nitrogen and oxygen atoms in total. The number of hydrogen-bond acceptors (Lipinski definition) is 3. The molecule has 3 rings (SSSR count). The van der Waals surface area contributed by atoms with E-state index in [1.807, 2.05) is 30.3 Å². The predicted molar refractivity (Wildman–Crippen MR) is 99.6 cm³/mol. The van der Waals surface area contributed by atoms with Crippen molar-refractivity contribution in [1.82, 2.24) is 4.90 Å². The summed E-state index contributed by atoms with van der Waals surface area (Å²) in [7, 11) is 0. The third kappa shape index (κ3) is 4.36. The lowest BCUT2D eigenvalue weighted by molar-refractivity contribution is 0.0342. The highest BCUT2D eigenvalue weighted by atomic mass is 79.9. The van der Waals surface area contributed by atoms with E-state index in [0.717, 1.165) is 48.6 Å². The summed E-state index contributed by atoms with van der Waals surface area (Å²) in [6.07, 6.45) is 0. The fraction of sp³-hybridized carbons (Fsp3) is 0.278. The van der Waals surface area contributed by atoms with Gasteiger partial charge in [-0.25, -0.2) is 0 Å². The van der Waals surface area contributed by atoms with Crippen molar-refractivity contribution in [2.75, 3.05) is 31.6 Å². The molecule has 1 aliphatic rings. The highest BCUT2D eigenvalue weighted by Crippen LogP contribution is 2.24. The summed E-state index contributed by atoms with van der Waals surface area (Å²) in [6.45, 7) is 4.09. The quantitative estimate of drug-likeness (QED) is 0.823. The first-order chi connectivity index (χ1) is 11.6. The normalized spacial score (nSPS) is 15.2. The molecule has 2 aromatic rings. The van der Waals surface area contributed by atoms with Gasteiger partial charge in [-0.15, -0.1) is 0 Å². The average molecular weight is 410 g/mol. The Bertz CT molecular complexity index is 733. The van der Waals surface area contributed by atoms with Crippen LogP contribution >= 0.6 is 27.5 Å². The number of amides is 1. The lowest BCUT2D eigenvalue weighted by Crippen LogP contribution is -2.35. The maximum Gasteiger partial charge on any atom is 0.257 e. The van der Waals surface area contributed by atoms with Gasteiger partial charge in [0.1, 0.15) is 0 Å². The number of ether oxygens (including phenoxy) is 1. The third-order valence-corrected chi connectivity index (χ3v) is 4.76. The topological polar surface area (TPSA) is 41.6 Å². The van der Waals surface area contributed by atoms with Crippen molar-refractivity contribution in [3.05, 3.63) is 63.1 Å². The van der Waals surface area contributed by atoms with Crippen molar-refractivity contribution < 1.29 is 9.53 Å². The SMILES string of the molecule is O=C(Nc1ccccc1CN1CCOCC1)c1cc(Br)ccc1Cl. The van der Waals surface area contributed by atoms with E-state index in [4.69, 9.17) is 16.3 Å². The summed E-state index contributed by atoms with van der Waals surface area (Å²) < 4.78 is 6.20. The first kappa shape index (κ1) is 17.4. The Morgan fingerprint density at radius 2 is 1.96 bits per heavy atom. The minimum atomic E-state index is -0.212. The number of rotatable bonds is 4. The molecule has 1 amide bonds. The molecule has 0 radical (unpaired) electrons.